The van der Waals surface area contributed by atoms with Crippen molar-refractivity contribution in [3.63, 3.8) is 0 Å². The fraction of sp³-hybridized carbons (Fsp3) is 0.750. The van der Waals surface area contributed by atoms with Crippen LogP contribution in [0.15, 0.2) is 11.0 Å². The Kier molecular flexibility index (Phi) is 4.26. The average Bonchev–Trinajstić information content (AvgIpc) is 2.82. The van der Waals surface area contributed by atoms with Crippen LogP contribution in [-0.4, -0.2) is 35.3 Å². The van der Waals surface area contributed by atoms with Gasteiger partial charge in [-0.2, -0.15) is 0 Å². The number of hydrogen-bond donors (Lipinski definition) is 0. The fourth-order valence-electron chi connectivity index (χ4n) is 2.00. The lowest BCUT2D eigenvalue weighted by molar-refractivity contribution is -0.169. The number of rotatable bonds is 3. The van der Waals surface area contributed by atoms with Crippen molar-refractivity contribution in [3.8, 4) is 0 Å². The van der Waals surface area contributed by atoms with Gasteiger partial charge in [-0.25, -0.2) is 4.79 Å². The van der Waals surface area contributed by atoms with Gasteiger partial charge in [-0.15, -0.1) is 23.4 Å². The van der Waals surface area contributed by atoms with Gasteiger partial charge in [-0.3, -0.25) is 0 Å². The molecule has 2 aliphatic rings. The number of ether oxygens (including phenoxy) is 3. The number of alkyl halides is 1. The molecule has 102 valence electrons. The summed E-state index contributed by atoms with van der Waals surface area (Å²) in [6.07, 6.45) is 1.66. The maximum atomic E-state index is 11.9. The Balaban J connectivity index is 2.13. The number of allylic oxidation sites excluding steroid dienone is 1. The third-order valence-corrected chi connectivity index (χ3v) is 4.23. The molecule has 2 rings (SSSR count). The molecular formula is C12H17ClO4S. The monoisotopic (exact) mass is 292 g/mol. The Bertz CT molecular complexity index is 369. The lowest BCUT2D eigenvalue weighted by atomic mass is 10.2. The van der Waals surface area contributed by atoms with Crippen LogP contribution in [0.25, 0.3) is 0 Å². The highest BCUT2D eigenvalue weighted by molar-refractivity contribution is 8.05. The molecule has 4 nitrogen and oxygen atoms in total. The molecule has 0 aromatic carbocycles. The molecule has 6 heteroatoms. The van der Waals surface area contributed by atoms with E-state index in [2.05, 4.69) is 0 Å². The number of carbonyl (C=O) groups excluding carboxylic acids is 1. The van der Waals surface area contributed by atoms with Gasteiger partial charge >= 0.3 is 5.97 Å². The Morgan fingerprint density at radius 3 is 2.89 bits per heavy atom. The van der Waals surface area contributed by atoms with Gasteiger partial charge in [0.25, 0.3) is 0 Å². The number of hydrogen-bond acceptors (Lipinski definition) is 5. The SMILES string of the molecule is CCOC(=O)[C@@H]1OC(C)(C)O[C@H]1C1=CCC(Cl)S1. The van der Waals surface area contributed by atoms with E-state index in [0.29, 0.717) is 6.61 Å². The van der Waals surface area contributed by atoms with E-state index in [0.717, 1.165) is 11.3 Å². The molecule has 0 spiro atoms. The molecule has 1 saturated heterocycles. The zero-order valence-corrected chi connectivity index (χ0v) is 12.2. The third-order valence-electron chi connectivity index (χ3n) is 2.66. The van der Waals surface area contributed by atoms with Gasteiger partial charge in [0.05, 0.1) is 11.3 Å². The van der Waals surface area contributed by atoms with E-state index in [1.54, 1.807) is 20.8 Å². The second-order valence-corrected chi connectivity index (χ2v) is 6.66. The van der Waals surface area contributed by atoms with E-state index in [9.17, 15) is 4.79 Å². The molecule has 2 heterocycles. The lowest BCUT2D eigenvalue weighted by Crippen LogP contribution is -2.33. The van der Waals surface area contributed by atoms with Crippen LogP contribution in [-0.2, 0) is 19.0 Å². The molecule has 0 aliphatic carbocycles. The summed E-state index contributed by atoms with van der Waals surface area (Å²) in [5.74, 6) is -1.17. The smallest absolute Gasteiger partial charge is 0.338 e. The normalized spacial score (nSPS) is 34.4. The number of thioether (sulfide) groups is 1. The van der Waals surface area contributed by atoms with Crippen LogP contribution in [0.2, 0.25) is 0 Å². The second-order valence-electron chi connectivity index (χ2n) is 4.60. The van der Waals surface area contributed by atoms with Crippen molar-refractivity contribution in [1.82, 2.24) is 0 Å². The van der Waals surface area contributed by atoms with Gasteiger partial charge < -0.3 is 14.2 Å². The first-order valence-electron chi connectivity index (χ1n) is 5.96. The van der Waals surface area contributed by atoms with Crippen LogP contribution >= 0.6 is 23.4 Å². The molecule has 18 heavy (non-hydrogen) atoms. The third kappa shape index (κ3) is 3.02. The molecule has 1 fully saturated rings. The first-order chi connectivity index (χ1) is 8.43. The topological polar surface area (TPSA) is 44.8 Å². The highest BCUT2D eigenvalue weighted by atomic mass is 35.5. The van der Waals surface area contributed by atoms with Crippen molar-refractivity contribution in [2.45, 2.75) is 49.9 Å². The van der Waals surface area contributed by atoms with Crippen LogP contribution in [0.4, 0.5) is 0 Å². The zero-order valence-electron chi connectivity index (χ0n) is 10.6. The molecule has 0 amide bonds. The van der Waals surface area contributed by atoms with Gasteiger partial charge in [0.2, 0.25) is 0 Å². The number of carbonyl (C=O) groups is 1. The lowest BCUT2D eigenvalue weighted by Gasteiger charge is -2.17. The van der Waals surface area contributed by atoms with Gasteiger partial charge in [-0.1, -0.05) is 6.08 Å². The fourth-order valence-corrected chi connectivity index (χ4v) is 3.39. The van der Waals surface area contributed by atoms with E-state index in [-0.39, 0.29) is 10.7 Å². The van der Waals surface area contributed by atoms with Gasteiger partial charge in [0.15, 0.2) is 11.9 Å². The zero-order chi connectivity index (χ0) is 13.3. The van der Waals surface area contributed by atoms with E-state index in [4.69, 9.17) is 25.8 Å². The Morgan fingerprint density at radius 1 is 1.61 bits per heavy atom. The highest BCUT2D eigenvalue weighted by Gasteiger charge is 2.48. The summed E-state index contributed by atoms with van der Waals surface area (Å²) in [6.45, 7) is 5.68. The maximum Gasteiger partial charge on any atom is 0.338 e. The van der Waals surface area contributed by atoms with Crippen molar-refractivity contribution < 1.29 is 19.0 Å². The summed E-state index contributed by atoms with van der Waals surface area (Å²) in [5.41, 5.74) is 0. The largest absolute Gasteiger partial charge is 0.464 e. The predicted octanol–water partition coefficient (Wildman–Crippen LogP) is 2.66. The van der Waals surface area contributed by atoms with Gasteiger partial charge in [-0.05, 0) is 27.2 Å². The van der Waals surface area contributed by atoms with Crippen LogP contribution < -0.4 is 0 Å². The molecule has 0 aromatic rings. The Labute approximate surface area is 116 Å². The minimum absolute atomic E-state index is 0.00941. The summed E-state index contributed by atoms with van der Waals surface area (Å²) >= 11 is 7.56. The molecule has 0 radical (unpaired) electrons. The quantitative estimate of drug-likeness (QED) is 0.591. The summed E-state index contributed by atoms with van der Waals surface area (Å²) in [6, 6.07) is 0. The van der Waals surface area contributed by atoms with Gasteiger partial charge in [0, 0.05) is 4.91 Å². The van der Waals surface area contributed by atoms with Crippen LogP contribution in [0.1, 0.15) is 27.2 Å². The second kappa shape index (κ2) is 5.41. The van der Waals surface area contributed by atoms with Crippen molar-refractivity contribution in [2.75, 3.05) is 6.61 Å². The summed E-state index contributed by atoms with van der Waals surface area (Å²) < 4.78 is 16.5. The number of esters is 1. The van der Waals surface area contributed by atoms with Crippen molar-refractivity contribution in [3.05, 3.63) is 11.0 Å². The van der Waals surface area contributed by atoms with E-state index in [1.165, 1.54) is 11.8 Å². The molecule has 0 saturated carbocycles. The minimum Gasteiger partial charge on any atom is -0.464 e. The maximum absolute atomic E-state index is 11.9. The van der Waals surface area contributed by atoms with Crippen LogP contribution in [0.3, 0.4) is 0 Å². The Morgan fingerprint density at radius 2 is 2.33 bits per heavy atom. The molecule has 3 atom stereocenters. The molecule has 0 N–H and O–H groups in total. The van der Waals surface area contributed by atoms with Crippen molar-refractivity contribution in [2.24, 2.45) is 0 Å². The van der Waals surface area contributed by atoms with Crippen molar-refractivity contribution >= 4 is 29.3 Å². The first kappa shape index (κ1) is 14.2. The summed E-state index contributed by atoms with van der Waals surface area (Å²) in [7, 11) is 0. The standard InChI is InChI=1S/C12H17ClO4S/c1-4-15-11(14)10-9(16-12(2,3)17-10)7-5-6-8(13)18-7/h5,8-10H,4,6H2,1-3H3/t8?,9-,10+/m0/s1. The first-order valence-corrected chi connectivity index (χ1v) is 7.27. The summed E-state index contributed by atoms with van der Waals surface area (Å²) in [4.78, 5) is 12.8. The predicted molar refractivity (Wildman–Crippen MR) is 70.4 cm³/mol. The van der Waals surface area contributed by atoms with E-state index < -0.39 is 18.0 Å². The van der Waals surface area contributed by atoms with E-state index in [1.807, 2.05) is 6.08 Å². The molecule has 1 unspecified atom stereocenters. The van der Waals surface area contributed by atoms with E-state index >= 15 is 0 Å². The van der Waals surface area contributed by atoms with Crippen molar-refractivity contribution in [1.29, 1.82) is 0 Å². The van der Waals surface area contributed by atoms with Crippen LogP contribution in [0.5, 0.6) is 0 Å². The number of halogens is 1. The minimum atomic E-state index is -0.784. The molecular weight excluding hydrogens is 276 g/mol. The molecule has 0 bridgehead atoms. The Hall–Kier alpha value is -0.230. The average molecular weight is 293 g/mol. The summed E-state index contributed by atoms with van der Waals surface area (Å²) in [5, 5.41) is 0. The highest BCUT2D eigenvalue weighted by Crippen LogP contribution is 2.43. The molecule has 2 aliphatic heterocycles. The van der Waals surface area contributed by atoms with Gasteiger partial charge in [0.1, 0.15) is 6.10 Å². The molecule has 0 aromatic heterocycles. The van der Waals surface area contributed by atoms with Crippen LogP contribution in [0, 0.1) is 0 Å².